The molecule has 2 aliphatic rings. The van der Waals surface area contributed by atoms with Gasteiger partial charge in [-0.3, -0.25) is 4.90 Å². The highest BCUT2D eigenvalue weighted by atomic mass is 79.9. The number of hydrogen-bond acceptors (Lipinski definition) is 2. The fourth-order valence-corrected chi connectivity index (χ4v) is 5.14. The molecule has 2 nitrogen and oxygen atoms in total. The number of phenols is 1. The molecule has 2 bridgehead atoms. The van der Waals surface area contributed by atoms with Crippen LogP contribution in [0.3, 0.4) is 0 Å². The Morgan fingerprint density at radius 2 is 1.96 bits per heavy atom. The van der Waals surface area contributed by atoms with Crippen LogP contribution in [0.2, 0.25) is 5.02 Å². The molecule has 140 valence electrons. The molecule has 1 aliphatic carbocycles. The lowest BCUT2D eigenvalue weighted by molar-refractivity contribution is 0.0524. The number of phenolic OH excluding ortho intramolecular Hbond substituents is 1. The molecule has 26 heavy (non-hydrogen) atoms. The number of nitrogens with zero attached hydrogens (tertiary/aromatic N) is 1. The topological polar surface area (TPSA) is 23.5 Å². The zero-order chi connectivity index (χ0) is 17.3. The molecular formula is C22H27BrClNO. The van der Waals surface area contributed by atoms with E-state index >= 15 is 0 Å². The van der Waals surface area contributed by atoms with Gasteiger partial charge in [0.15, 0.2) is 0 Å². The third kappa shape index (κ3) is 3.95. The summed E-state index contributed by atoms with van der Waals surface area (Å²) >= 11 is 6.32. The lowest BCUT2D eigenvalue weighted by atomic mass is 9.63. The molecule has 2 fully saturated rings. The molecule has 0 unspecified atom stereocenters. The van der Waals surface area contributed by atoms with E-state index in [-0.39, 0.29) is 22.4 Å². The Bertz CT molecular complexity index is 752. The lowest BCUT2D eigenvalue weighted by Gasteiger charge is -2.51. The third-order valence-electron chi connectivity index (χ3n) is 6.30. The number of benzene rings is 2. The first-order valence-electron chi connectivity index (χ1n) is 9.43. The minimum atomic E-state index is 0. The van der Waals surface area contributed by atoms with Crippen molar-refractivity contribution in [2.45, 2.75) is 50.0 Å². The Labute approximate surface area is 171 Å². The standard InChI is InChI=1S/C22H26ClNO.BrH/c23-21-9-2-1-5-17(21)10-13-24-14-12-22(11-4-7-19(24)16-22)18-6-3-8-20(25)15-18;/h1-3,5-6,8-9,15,19,25H,4,7,10-14,16H2;1H/t19-,22+;/m1./s1. The van der Waals surface area contributed by atoms with Crippen LogP contribution in [0.1, 0.15) is 43.2 Å². The van der Waals surface area contributed by atoms with Gasteiger partial charge in [-0.1, -0.05) is 48.4 Å². The summed E-state index contributed by atoms with van der Waals surface area (Å²) in [4.78, 5) is 2.67. The Hall–Kier alpha value is -1.03. The molecule has 0 aromatic heterocycles. The summed E-state index contributed by atoms with van der Waals surface area (Å²) in [5.41, 5.74) is 2.86. The number of piperidine rings is 1. The number of hydrogen-bond donors (Lipinski definition) is 1. The first-order chi connectivity index (χ1) is 12.2. The Morgan fingerprint density at radius 3 is 2.77 bits per heavy atom. The molecule has 1 aliphatic heterocycles. The molecule has 1 saturated heterocycles. The highest BCUT2D eigenvalue weighted by Gasteiger charge is 2.43. The summed E-state index contributed by atoms with van der Waals surface area (Å²) in [6.45, 7) is 2.23. The quantitative estimate of drug-likeness (QED) is 0.659. The van der Waals surface area contributed by atoms with Crippen molar-refractivity contribution in [3.8, 4) is 5.75 Å². The van der Waals surface area contributed by atoms with Crippen molar-refractivity contribution in [2.75, 3.05) is 13.1 Å². The fraction of sp³-hybridized carbons (Fsp3) is 0.455. The Balaban J connectivity index is 0.00000196. The van der Waals surface area contributed by atoms with Crippen molar-refractivity contribution in [1.29, 1.82) is 0 Å². The van der Waals surface area contributed by atoms with Gasteiger partial charge in [0.2, 0.25) is 0 Å². The van der Waals surface area contributed by atoms with Crippen LogP contribution < -0.4 is 0 Å². The minimum Gasteiger partial charge on any atom is -0.508 e. The summed E-state index contributed by atoms with van der Waals surface area (Å²) in [5.74, 6) is 0.398. The molecule has 2 aromatic rings. The van der Waals surface area contributed by atoms with Gasteiger partial charge in [-0.25, -0.2) is 0 Å². The highest BCUT2D eigenvalue weighted by Crippen LogP contribution is 2.47. The van der Waals surface area contributed by atoms with E-state index in [1.54, 1.807) is 6.07 Å². The maximum Gasteiger partial charge on any atom is 0.115 e. The van der Waals surface area contributed by atoms with Crippen LogP contribution in [0, 0.1) is 0 Å². The summed E-state index contributed by atoms with van der Waals surface area (Å²) in [5, 5.41) is 10.8. The normalized spacial score (nSPS) is 25.5. The van der Waals surface area contributed by atoms with Gasteiger partial charge in [0.05, 0.1) is 0 Å². The van der Waals surface area contributed by atoms with E-state index < -0.39 is 0 Å². The highest BCUT2D eigenvalue weighted by molar-refractivity contribution is 8.93. The molecule has 4 rings (SSSR count). The van der Waals surface area contributed by atoms with Gasteiger partial charge >= 0.3 is 0 Å². The molecule has 0 amide bonds. The van der Waals surface area contributed by atoms with E-state index in [4.69, 9.17) is 11.6 Å². The fourth-order valence-electron chi connectivity index (χ4n) is 4.91. The third-order valence-corrected chi connectivity index (χ3v) is 6.67. The maximum atomic E-state index is 9.90. The maximum absolute atomic E-state index is 9.90. The number of fused-ring (bicyclic) bond motifs is 2. The summed E-state index contributed by atoms with van der Waals surface area (Å²) in [6.07, 6.45) is 7.26. The number of likely N-dealkylation sites (tertiary alicyclic amines) is 1. The average molecular weight is 437 g/mol. The van der Waals surface area contributed by atoms with Crippen molar-refractivity contribution in [3.63, 3.8) is 0 Å². The van der Waals surface area contributed by atoms with Crippen molar-refractivity contribution in [2.24, 2.45) is 0 Å². The van der Waals surface area contributed by atoms with E-state index in [0.29, 0.717) is 11.8 Å². The van der Waals surface area contributed by atoms with E-state index in [1.807, 2.05) is 24.3 Å². The minimum absolute atomic E-state index is 0. The largest absolute Gasteiger partial charge is 0.508 e. The molecule has 1 N–H and O–H groups in total. The molecule has 2 atom stereocenters. The van der Waals surface area contributed by atoms with Gasteiger partial charge in [-0.15, -0.1) is 17.0 Å². The lowest BCUT2D eigenvalue weighted by Crippen LogP contribution is -2.52. The Morgan fingerprint density at radius 1 is 1.12 bits per heavy atom. The number of aromatic hydroxyl groups is 1. The van der Waals surface area contributed by atoms with E-state index in [9.17, 15) is 5.11 Å². The zero-order valence-electron chi connectivity index (χ0n) is 15.0. The van der Waals surface area contributed by atoms with Gasteiger partial charge in [-0.05, 0) is 73.4 Å². The van der Waals surface area contributed by atoms with Crippen LogP contribution in [0.5, 0.6) is 5.75 Å². The van der Waals surface area contributed by atoms with E-state index in [1.165, 1.54) is 43.2 Å². The van der Waals surface area contributed by atoms with Crippen molar-refractivity contribution < 1.29 is 5.11 Å². The second-order valence-electron chi connectivity index (χ2n) is 7.71. The van der Waals surface area contributed by atoms with Crippen molar-refractivity contribution >= 4 is 28.6 Å². The van der Waals surface area contributed by atoms with Crippen LogP contribution in [0.15, 0.2) is 48.5 Å². The summed E-state index contributed by atoms with van der Waals surface area (Å²) < 4.78 is 0. The monoisotopic (exact) mass is 435 g/mol. The van der Waals surface area contributed by atoms with Gasteiger partial charge in [0.25, 0.3) is 0 Å². The zero-order valence-corrected chi connectivity index (χ0v) is 17.5. The summed E-state index contributed by atoms with van der Waals surface area (Å²) in [6, 6.07) is 16.8. The number of halogens is 2. The van der Waals surface area contributed by atoms with E-state index in [2.05, 4.69) is 23.1 Å². The molecule has 1 saturated carbocycles. The summed E-state index contributed by atoms with van der Waals surface area (Å²) in [7, 11) is 0. The van der Waals surface area contributed by atoms with Crippen LogP contribution in [0.4, 0.5) is 0 Å². The van der Waals surface area contributed by atoms with Crippen LogP contribution in [0.25, 0.3) is 0 Å². The van der Waals surface area contributed by atoms with Gasteiger partial charge < -0.3 is 5.11 Å². The average Bonchev–Trinajstić information content (AvgIpc) is 2.63. The van der Waals surface area contributed by atoms with Crippen LogP contribution >= 0.6 is 28.6 Å². The predicted molar refractivity (Wildman–Crippen MR) is 114 cm³/mol. The van der Waals surface area contributed by atoms with Gasteiger partial charge in [0.1, 0.15) is 5.75 Å². The SMILES string of the molecule is Br.Oc1cccc([C@]23CCC[C@H](C2)N(CCc2ccccc2Cl)CC3)c1. The first-order valence-corrected chi connectivity index (χ1v) is 9.81. The van der Waals surface area contributed by atoms with Gasteiger partial charge in [0, 0.05) is 17.6 Å². The molecule has 1 heterocycles. The molecule has 0 radical (unpaired) electrons. The van der Waals surface area contributed by atoms with E-state index in [0.717, 1.165) is 24.5 Å². The van der Waals surface area contributed by atoms with Gasteiger partial charge in [-0.2, -0.15) is 0 Å². The van der Waals surface area contributed by atoms with Crippen LogP contribution in [-0.4, -0.2) is 29.1 Å². The second-order valence-corrected chi connectivity index (χ2v) is 8.12. The smallest absolute Gasteiger partial charge is 0.115 e. The molecular weight excluding hydrogens is 410 g/mol. The Kier molecular flexibility index (Phi) is 6.32. The second kappa shape index (κ2) is 8.33. The number of rotatable bonds is 4. The molecule has 0 spiro atoms. The van der Waals surface area contributed by atoms with Crippen LogP contribution in [-0.2, 0) is 11.8 Å². The molecule has 4 heteroatoms. The van der Waals surface area contributed by atoms with Crippen molar-refractivity contribution in [1.82, 2.24) is 4.90 Å². The molecule has 2 aromatic carbocycles. The van der Waals surface area contributed by atoms with Crippen molar-refractivity contribution in [3.05, 3.63) is 64.7 Å². The predicted octanol–water partition coefficient (Wildman–Crippen LogP) is 5.75. The first kappa shape index (κ1) is 19.7.